The van der Waals surface area contributed by atoms with Gasteiger partial charge in [0.15, 0.2) is 0 Å². The van der Waals surface area contributed by atoms with E-state index < -0.39 is 0 Å². The number of anilines is 2. The van der Waals surface area contributed by atoms with Crippen LogP contribution in [-0.4, -0.2) is 28.0 Å². The molecule has 5 nitrogen and oxygen atoms in total. The van der Waals surface area contributed by atoms with Crippen LogP contribution >= 0.6 is 22.9 Å². The first-order valence-electron chi connectivity index (χ1n) is 6.58. The van der Waals surface area contributed by atoms with Gasteiger partial charge in [0.2, 0.25) is 17.2 Å². The van der Waals surface area contributed by atoms with Crippen molar-refractivity contribution in [2.24, 2.45) is 0 Å². The molecule has 0 unspecified atom stereocenters. The van der Waals surface area contributed by atoms with Gasteiger partial charge in [-0.2, -0.15) is 15.0 Å². The number of aromatic nitrogens is 3. The molecule has 2 aromatic heterocycles. The van der Waals surface area contributed by atoms with Gasteiger partial charge in [-0.3, -0.25) is 0 Å². The Bertz CT molecular complexity index is 568. The highest BCUT2D eigenvalue weighted by molar-refractivity contribution is 7.11. The summed E-state index contributed by atoms with van der Waals surface area (Å²) in [7, 11) is 0. The fourth-order valence-electron chi connectivity index (χ4n) is 1.81. The van der Waals surface area contributed by atoms with Crippen LogP contribution in [0.5, 0.6) is 0 Å². The van der Waals surface area contributed by atoms with Gasteiger partial charge in [-0.05, 0) is 44.5 Å². The highest BCUT2D eigenvalue weighted by Gasteiger charge is 2.10. The molecule has 0 aliphatic heterocycles. The van der Waals surface area contributed by atoms with Crippen LogP contribution in [0.15, 0.2) is 12.1 Å². The lowest BCUT2D eigenvalue weighted by molar-refractivity contribution is 0.811. The average molecular weight is 312 g/mol. The predicted octanol–water partition coefficient (Wildman–Crippen LogP) is 3.35. The summed E-state index contributed by atoms with van der Waals surface area (Å²) in [6.45, 7) is 8.56. The first kappa shape index (κ1) is 15.0. The van der Waals surface area contributed by atoms with E-state index in [0.717, 1.165) is 13.1 Å². The van der Waals surface area contributed by atoms with Crippen molar-refractivity contribution in [2.45, 2.75) is 27.3 Å². The highest BCUT2D eigenvalue weighted by Crippen LogP contribution is 2.17. The van der Waals surface area contributed by atoms with E-state index in [2.05, 4.69) is 53.2 Å². The van der Waals surface area contributed by atoms with Crippen molar-refractivity contribution in [3.05, 3.63) is 27.2 Å². The summed E-state index contributed by atoms with van der Waals surface area (Å²) in [6.07, 6.45) is 0. The minimum Gasteiger partial charge on any atom is -0.349 e. The van der Waals surface area contributed by atoms with Crippen molar-refractivity contribution in [3.63, 3.8) is 0 Å². The summed E-state index contributed by atoms with van der Waals surface area (Å²) < 4.78 is 0. The average Bonchev–Trinajstić information content (AvgIpc) is 2.83. The summed E-state index contributed by atoms with van der Waals surface area (Å²) in [5.74, 6) is 1.12. The largest absolute Gasteiger partial charge is 0.349 e. The van der Waals surface area contributed by atoms with Crippen molar-refractivity contribution in [1.82, 2.24) is 15.0 Å². The van der Waals surface area contributed by atoms with Crippen molar-refractivity contribution >= 4 is 34.8 Å². The Balaban J connectivity index is 2.11. The third-order valence-corrected chi connectivity index (χ3v) is 4.03. The Morgan fingerprint density at radius 2 is 1.95 bits per heavy atom. The van der Waals surface area contributed by atoms with Gasteiger partial charge in [0.1, 0.15) is 0 Å². The molecule has 2 aromatic rings. The molecule has 2 rings (SSSR count). The molecular formula is C13H18ClN5S. The Hall–Kier alpha value is -1.40. The maximum Gasteiger partial charge on any atom is 0.231 e. The van der Waals surface area contributed by atoms with Gasteiger partial charge in [-0.15, -0.1) is 11.3 Å². The third-order valence-electron chi connectivity index (χ3n) is 2.86. The van der Waals surface area contributed by atoms with Crippen molar-refractivity contribution in [1.29, 1.82) is 0 Å². The van der Waals surface area contributed by atoms with Gasteiger partial charge in [0.05, 0.1) is 6.54 Å². The molecule has 0 radical (unpaired) electrons. The maximum absolute atomic E-state index is 5.97. The molecule has 0 bridgehead atoms. The summed E-state index contributed by atoms with van der Waals surface area (Å²) in [5, 5.41) is 3.41. The lowest BCUT2D eigenvalue weighted by Crippen LogP contribution is -2.25. The maximum atomic E-state index is 5.97. The fourth-order valence-corrected chi connectivity index (χ4v) is 2.80. The number of hydrogen-bond acceptors (Lipinski definition) is 6. The third kappa shape index (κ3) is 3.80. The van der Waals surface area contributed by atoms with Gasteiger partial charge in [-0.25, -0.2) is 0 Å². The van der Waals surface area contributed by atoms with E-state index in [0.29, 0.717) is 18.4 Å². The van der Waals surface area contributed by atoms with Crippen molar-refractivity contribution in [3.8, 4) is 0 Å². The standard InChI is InChI=1S/C13H18ClN5S/c1-4-19(5-2)13-17-11(14)16-12(18-13)15-8-10-7-6-9(3)20-10/h6-7H,4-5,8H2,1-3H3,(H,15,16,17,18). The van der Waals surface area contributed by atoms with Crippen LogP contribution in [0.4, 0.5) is 11.9 Å². The normalized spacial score (nSPS) is 10.6. The number of rotatable bonds is 6. The zero-order valence-electron chi connectivity index (χ0n) is 11.9. The number of hydrogen-bond donors (Lipinski definition) is 1. The quantitative estimate of drug-likeness (QED) is 0.886. The Morgan fingerprint density at radius 3 is 2.55 bits per heavy atom. The van der Waals surface area contributed by atoms with Crippen molar-refractivity contribution in [2.75, 3.05) is 23.3 Å². The molecule has 0 amide bonds. The van der Waals surface area contributed by atoms with Crippen LogP contribution < -0.4 is 10.2 Å². The summed E-state index contributed by atoms with van der Waals surface area (Å²) in [5.41, 5.74) is 0. The minimum atomic E-state index is 0.215. The second kappa shape index (κ2) is 6.85. The SMILES string of the molecule is CCN(CC)c1nc(Cl)nc(NCc2ccc(C)s2)n1. The molecular weight excluding hydrogens is 294 g/mol. The first-order chi connectivity index (χ1) is 9.62. The number of halogens is 1. The highest BCUT2D eigenvalue weighted by atomic mass is 35.5. The second-order valence-electron chi connectivity index (χ2n) is 4.27. The molecule has 0 aromatic carbocycles. The van der Waals surface area contributed by atoms with E-state index >= 15 is 0 Å². The smallest absolute Gasteiger partial charge is 0.231 e. The van der Waals surface area contributed by atoms with Crippen LogP contribution in [0.2, 0.25) is 5.28 Å². The molecule has 0 saturated heterocycles. The van der Waals surface area contributed by atoms with Crippen LogP contribution in [0.25, 0.3) is 0 Å². The van der Waals surface area contributed by atoms with E-state index in [1.165, 1.54) is 9.75 Å². The molecule has 1 N–H and O–H groups in total. The van der Waals surface area contributed by atoms with Crippen LogP contribution in [0.3, 0.4) is 0 Å². The monoisotopic (exact) mass is 311 g/mol. The first-order valence-corrected chi connectivity index (χ1v) is 7.77. The summed E-state index contributed by atoms with van der Waals surface area (Å²) in [4.78, 5) is 17.3. The van der Waals surface area contributed by atoms with Crippen molar-refractivity contribution < 1.29 is 0 Å². The second-order valence-corrected chi connectivity index (χ2v) is 5.98. The van der Waals surface area contributed by atoms with Gasteiger partial charge in [0.25, 0.3) is 0 Å². The molecule has 0 saturated carbocycles. The number of thiophene rings is 1. The topological polar surface area (TPSA) is 53.9 Å². The molecule has 0 spiro atoms. The lowest BCUT2D eigenvalue weighted by atomic mass is 10.4. The Morgan fingerprint density at radius 1 is 1.20 bits per heavy atom. The van der Waals surface area contributed by atoms with E-state index in [1.54, 1.807) is 11.3 Å². The minimum absolute atomic E-state index is 0.215. The fraction of sp³-hybridized carbons (Fsp3) is 0.462. The molecule has 2 heterocycles. The van der Waals surface area contributed by atoms with E-state index in [4.69, 9.17) is 11.6 Å². The van der Waals surface area contributed by atoms with Crippen LogP contribution in [0, 0.1) is 6.92 Å². The molecule has 0 fully saturated rings. The van der Waals surface area contributed by atoms with Crippen LogP contribution in [0.1, 0.15) is 23.6 Å². The van der Waals surface area contributed by atoms with E-state index in [9.17, 15) is 0 Å². The Kier molecular flexibility index (Phi) is 5.14. The number of aryl methyl sites for hydroxylation is 1. The lowest BCUT2D eigenvalue weighted by Gasteiger charge is -2.18. The predicted molar refractivity (Wildman–Crippen MR) is 84.8 cm³/mol. The van der Waals surface area contributed by atoms with E-state index in [-0.39, 0.29) is 5.28 Å². The van der Waals surface area contributed by atoms with Gasteiger partial charge in [-0.1, -0.05) is 0 Å². The number of nitrogens with one attached hydrogen (secondary N) is 1. The van der Waals surface area contributed by atoms with Crippen LogP contribution in [-0.2, 0) is 6.54 Å². The molecule has 20 heavy (non-hydrogen) atoms. The zero-order chi connectivity index (χ0) is 14.5. The van der Waals surface area contributed by atoms with Gasteiger partial charge in [0, 0.05) is 22.8 Å². The molecule has 0 aliphatic carbocycles. The van der Waals surface area contributed by atoms with Gasteiger partial charge >= 0.3 is 0 Å². The Labute approximate surface area is 128 Å². The molecule has 7 heteroatoms. The van der Waals surface area contributed by atoms with E-state index in [1.807, 2.05) is 4.90 Å². The zero-order valence-corrected chi connectivity index (χ0v) is 13.4. The molecule has 0 aliphatic rings. The summed E-state index contributed by atoms with van der Waals surface area (Å²) >= 11 is 7.72. The number of nitrogens with zero attached hydrogens (tertiary/aromatic N) is 4. The molecule has 108 valence electrons. The van der Waals surface area contributed by atoms with Gasteiger partial charge < -0.3 is 10.2 Å². The summed E-state index contributed by atoms with van der Waals surface area (Å²) in [6, 6.07) is 4.20. The molecule has 0 atom stereocenters.